The number of nitrogens with one attached hydrogen (secondary N) is 1. The molecule has 2 aromatic rings. The highest BCUT2D eigenvalue weighted by Gasteiger charge is 2.29. The van der Waals surface area contributed by atoms with E-state index in [1.54, 1.807) is 0 Å². The molecule has 2 amide bonds. The summed E-state index contributed by atoms with van der Waals surface area (Å²) in [6.45, 7) is 0.185. The summed E-state index contributed by atoms with van der Waals surface area (Å²) < 4.78 is 5.26. The summed E-state index contributed by atoms with van der Waals surface area (Å²) in [6.07, 6.45) is -0.719. The lowest BCUT2D eigenvalue weighted by atomic mass is 9.98. The van der Waals surface area contributed by atoms with Gasteiger partial charge in [0.25, 0.3) is 0 Å². The lowest BCUT2D eigenvalue weighted by molar-refractivity contribution is 0.121. The van der Waals surface area contributed by atoms with Gasteiger partial charge in [-0.3, -0.25) is 4.79 Å². The van der Waals surface area contributed by atoms with Gasteiger partial charge in [-0.1, -0.05) is 48.5 Å². The summed E-state index contributed by atoms with van der Waals surface area (Å²) in [4.78, 5) is 22.6. The maximum atomic E-state index is 11.8. The molecule has 6 heteroatoms. The number of halogens is 1. The molecule has 2 aromatic carbocycles. The Morgan fingerprint density at radius 2 is 1.61 bits per heavy atom. The maximum Gasteiger partial charge on any atom is 0.426 e. The topological polar surface area (TPSA) is 58.6 Å². The van der Waals surface area contributed by atoms with Gasteiger partial charge in [0.2, 0.25) is 0 Å². The van der Waals surface area contributed by atoms with Crippen LogP contribution in [0.25, 0.3) is 11.1 Å². The third-order valence-electron chi connectivity index (χ3n) is 3.87. The number of hydrogen-bond donors (Lipinski definition) is 1. The Hall–Kier alpha value is -2.53. The number of amides is 2. The molecule has 0 aliphatic heterocycles. The van der Waals surface area contributed by atoms with Crippen molar-refractivity contribution in [1.82, 2.24) is 10.4 Å². The lowest BCUT2D eigenvalue weighted by Gasteiger charge is -2.17. The monoisotopic (exact) mass is 330 g/mol. The van der Waals surface area contributed by atoms with Crippen LogP contribution in [0.15, 0.2) is 48.5 Å². The summed E-state index contributed by atoms with van der Waals surface area (Å²) in [6, 6.07) is 16.1. The average molecular weight is 331 g/mol. The smallest absolute Gasteiger partial charge is 0.426 e. The Labute approximate surface area is 138 Å². The van der Waals surface area contributed by atoms with Gasteiger partial charge >= 0.3 is 11.5 Å². The van der Waals surface area contributed by atoms with Crippen molar-refractivity contribution in [3.8, 4) is 11.1 Å². The third kappa shape index (κ3) is 3.00. The van der Waals surface area contributed by atoms with Gasteiger partial charge in [-0.2, -0.15) is 0 Å². The van der Waals surface area contributed by atoms with E-state index in [1.807, 2.05) is 36.4 Å². The molecular weight excluding hydrogens is 316 g/mol. The molecule has 0 heterocycles. The van der Waals surface area contributed by atoms with E-state index in [4.69, 9.17) is 16.3 Å². The Morgan fingerprint density at radius 3 is 2.13 bits per heavy atom. The van der Waals surface area contributed by atoms with E-state index in [-0.39, 0.29) is 12.5 Å². The number of carbonyl (C=O) groups is 2. The van der Waals surface area contributed by atoms with Crippen LogP contribution in [-0.2, 0) is 4.74 Å². The van der Waals surface area contributed by atoms with E-state index in [0.717, 1.165) is 27.3 Å². The Bertz CT molecular complexity index is 718. The van der Waals surface area contributed by atoms with Gasteiger partial charge in [-0.05, 0) is 33.9 Å². The van der Waals surface area contributed by atoms with E-state index in [9.17, 15) is 9.59 Å². The number of fused-ring (bicyclic) bond motifs is 3. The van der Waals surface area contributed by atoms with Crippen molar-refractivity contribution in [3.63, 3.8) is 0 Å². The molecule has 1 N–H and O–H groups in total. The van der Waals surface area contributed by atoms with Crippen LogP contribution in [0.2, 0.25) is 0 Å². The standard InChI is InChI=1S/C17H15ClN2O3/c1-20(16(18)21)19-17(22)23-10-15-13-8-4-2-6-11(13)12-7-3-5-9-14(12)15/h2-9,15H,10H2,1H3,(H,19,22). The number of ether oxygens (including phenoxy) is 1. The van der Waals surface area contributed by atoms with Crippen LogP contribution in [0.1, 0.15) is 17.0 Å². The van der Waals surface area contributed by atoms with Gasteiger partial charge in [0.15, 0.2) is 0 Å². The molecule has 1 aliphatic rings. The number of carbonyl (C=O) groups excluding carboxylic acids is 2. The summed E-state index contributed by atoms with van der Waals surface area (Å²) >= 11 is 5.25. The predicted octanol–water partition coefficient (Wildman–Crippen LogP) is 3.73. The Balaban J connectivity index is 1.76. The van der Waals surface area contributed by atoms with Gasteiger partial charge in [0.1, 0.15) is 6.61 Å². The quantitative estimate of drug-likeness (QED) is 0.518. The Morgan fingerprint density at radius 1 is 1.09 bits per heavy atom. The number of hydrazine groups is 1. The molecular formula is C17H15ClN2O3. The van der Waals surface area contributed by atoms with Crippen molar-refractivity contribution in [2.75, 3.05) is 13.7 Å². The second-order valence-electron chi connectivity index (χ2n) is 5.25. The van der Waals surface area contributed by atoms with Crippen LogP contribution in [-0.4, -0.2) is 30.1 Å². The summed E-state index contributed by atoms with van der Waals surface area (Å²) in [7, 11) is 1.34. The highest BCUT2D eigenvalue weighted by Crippen LogP contribution is 2.44. The number of rotatable bonds is 2. The molecule has 0 unspecified atom stereocenters. The second-order valence-corrected chi connectivity index (χ2v) is 5.57. The van der Waals surface area contributed by atoms with Crippen molar-refractivity contribution in [2.45, 2.75) is 5.92 Å². The first-order valence-electron chi connectivity index (χ1n) is 7.12. The van der Waals surface area contributed by atoms with E-state index >= 15 is 0 Å². The predicted molar refractivity (Wildman–Crippen MR) is 87.2 cm³/mol. The molecule has 1 aliphatic carbocycles. The maximum absolute atomic E-state index is 11.8. The fourth-order valence-corrected chi connectivity index (χ4v) is 2.85. The molecule has 0 fully saturated rings. The van der Waals surface area contributed by atoms with Crippen molar-refractivity contribution >= 4 is 23.1 Å². The molecule has 118 valence electrons. The largest absolute Gasteiger partial charge is 0.447 e. The molecule has 23 heavy (non-hydrogen) atoms. The highest BCUT2D eigenvalue weighted by atomic mass is 35.5. The van der Waals surface area contributed by atoms with Crippen LogP contribution < -0.4 is 5.43 Å². The molecule has 0 radical (unpaired) electrons. The zero-order valence-corrected chi connectivity index (χ0v) is 13.2. The van der Waals surface area contributed by atoms with Gasteiger partial charge in [0.05, 0.1) is 0 Å². The minimum atomic E-state index is -0.793. The van der Waals surface area contributed by atoms with Crippen LogP contribution in [0.5, 0.6) is 0 Å². The first kappa shape index (κ1) is 15.4. The van der Waals surface area contributed by atoms with Crippen molar-refractivity contribution in [2.24, 2.45) is 0 Å². The fourth-order valence-electron chi connectivity index (χ4n) is 2.81. The zero-order valence-electron chi connectivity index (χ0n) is 12.5. The summed E-state index contributed by atoms with van der Waals surface area (Å²) in [5.74, 6) is -0.0230. The second kappa shape index (κ2) is 6.30. The van der Waals surface area contributed by atoms with Gasteiger partial charge in [0, 0.05) is 13.0 Å². The molecule has 0 spiro atoms. The summed E-state index contributed by atoms with van der Waals surface area (Å²) in [5, 5.41) is 0.0685. The molecule has 5 nitrogen and oxygen atoms in total. The minimum absolute atomic E-state index is 0.0230. The van der Waals surface area contributed by atoms with Crippen molar-refractivity contribution in [1.29, 1.82) is 0 Å². The summed E-state index contributed by atoms with van der Waals surface area (Å²) in [5.41, 5.74) is 6.81. The van der Waals surface area contributed by atoms with Gasteiger partial charge < -0.3 is 4.74 Å². The first-order chi connectivity index (χ1) is 11.1. The van der Waals surface area contributed by atoms with Crippen molar-refractivity contribution in [3.05, 3.63) is 59.7 Å². The van der Waals surface area contributed by atoms with E-state index in [0.29, 0.717) is 0 Å². The zero-order chi connectivity index (χ0) is 16.4. The molecule has 0 saturated carbocycles. The first-order valence-corrected chi connectivity index (χ1v) is 7.50. The van der Waals surface area contributed by atoms with E-state index < -0.39 is 11.5 Å². The number of hydrogen-bond acceptors (Lipinski definition) is 3. The Kier molecular flexibility index (Phi) is 4.21. The fraction of sp³-hybridized carbons (Fsp3) is 0.176. The lowest BCUT2D eigenvalue weighted by Crippen LogP contribution is -2.41. The third-order valence-corrected chi connectivity index (χ3v) is 4.12. The minimum Gasteiger partial charge on any atom is -0.447 e. The normalized spacial score (nSPS) is 12.3. The molecule has 0 saturated heterocycles. The molecule has 0 bridgehead atoms. The van der Waals surface area contributed by atoms with Crippen LogP contribution in [0.3, 0.4) is 0 Å². The van der Waals surface area contributed by atoms with Crippen molar-refractivity contribution < 1.29 is 14.3 Å². The van der Waals surface area contributed by atoms with E-state index in [1.165, 1.54) is 7.05 Å². The van der Waals surface area contributed by atoms with Gasteiger partial charge in [-0.25, -0.2) is 15.2 Å². The number of nitrogens with zero attached hydrogens (tertiary/aromatic N) is 1. The molecule has 0 atom stereocenters. The van der Waals surface area contributed by atoms with Crippen LogP contribution in [0, 0.1) is 0 Å². The van der Waals surface area contributed by atoms with Gasteiger partial charge in [-0.15, -0.1) is 0 Å². The van der Waals surface area contributed by atoms with Crippen LogP contribution in [0.4, 0.5) is 9.59 Å². The molecule has 3 rings (SSSR count). The van der Waals surface area contributed by atoms with E-state index in [2.05, 4.69) is 17.6 Å². The SMILES string of the molecule is CN(NC(=O)OCC1c2ccccc2-c2ccccc21)C(=O)Cl. The average Bonchev–Trinajstić information content (AvgIpc) is 2.87. The van der Waals surface area contributed by atoms with Crippen LogP contribution >= 0.6 is 11.6 Å². The number of benzene rings is 2. The highest BCUT2D eigenvalue weighted by molar-refractivity contribution is 6.62. The molecule has 0 aromatic heterocycles.